The van der Waals surface area contributed by atoms with Crippen molar-refractivity contribution in [3.63, 3.8) is 0 Å². The zero-order chi connectivity index (χ0) is 20.2. The van der Waals surface area contributed by atoms with Crippen molar-refractivity contribution >= 4 is 5.69 Å². The average Bonchev–Trinajstić information content (AvgIpc) is 3.24. The van der Waals surface area contributed by atoms with E-state index >= 15 is 0 Å². The van der Waals surface area contributed by atoms with Crippen molar-refractivity contribution < 1.29 is 0 Å². The van der Waals surface area contributed by atoms with Gasteiger partial charge in [0.25, 0.3) is 0 Å². The molecule has 2 heteroatoms. The topological polar surface area (TPSA) is 6.48 Å². The molecule has 2 aliphatic heterocycles. The quantitative estimate of drug-likeness (QED) is 0.464. The molecule has 2 fully saturated rings. The molecule has 0 aromatic heterocycles. The van der Waals surface area contributed by atoms with Gasteiger partial charge in [-0.25, -0.2) is 0 Å². The van der Waals surface area contributed by atoms with Crippen LogP contribution < -0.4 is 4.90 Å². The molecule has 0 radical (unpaired) electrons. The minimum atomic E-state index is 0.626. The van der Waals surface area contributed by atoms with Crippen molar-refractivity contribution in [2.24, 2.45) is 0 Å². The molecule has 3 aromatic carbocycles. The van der Waals surface area contributed by atoms with Gasteiger partial charge in [-0.05, 0) is 61.1 Å². The monoisotopic (exact) mass is 396 g/mol. The fraction of sp³-hybridized carbons (Fsp3) is 0.357. The summed E-state index contributed by atoms with van der Waals surface area (Å²) < 4.78 is 0. The Morgan fingerprint density at radius 1 is 0.667 bits per heavy atom. The summed E-state index contributed by atoms with van der Waals surface area (Å²) in [6, 6.07) is 32.5. The van der Waals surface area contributed by atoms with Gasteiger partial charge in [0.2, 0.25) is 0 Å². The van der Waals surface area contributed by atoms with Crippen molar-refractivity contribution in [1.29, 1.82) is 0 Å². The first kappa shape index (κ1) is 19.4. The smallest absolute Gasteiger partial charge is 0.0433 e. The summed E-state index contributed by atoms with van der Waals surface area (Å²) in [6.45, 7) is 3.13. The maximum Gasteiger partial charge on any atom is 0.0433 e. The Morgan fingerprint density at radius 2 is 1.30 bits per heavy atom. The Balaban J connectivity index is 1.37. The Kier molecular flexibility index (Phi) is 5.85. The zero-order valence-electron chi connectivity index (χ0n) is 17.8. The molecule has 0 amide bonds. The van der Waals surface area contributed by atoms with Crippen LogP contribution in [0.5, 0.6) is 0 Å². The molecule has 2 heterocycles. The fourth-order valence-electron chi connectivity index (χ4n) is 5.37. The lowest BCUT2D eigenvalue weighted by atomic mass is 10.0. The van der Waals surface area contributed by atoms with E-state index in [2.05, 4.69) is 94.7 Å². The van der Waals surface area contributed by atoms with Gasteiger partial charge < -0.3 is 4.90 Å². The van der Waals surface area contributed by atoms with E-state index in [9.17, 15) is 0 Å². The number of nitrogens with zero attached hydrogens (tertiary/aromatic N) is 2. The van der Waals surface area contributed by atoms with E-state index in [4.69, 9.17) is 0 Å². The van der Waals surface area contributed by atoms with Crippen LogP contribution in [0.15, 0.2) is 84.9 Å². The molecule has 2 saturated heterocycles. The van der Waals surface area contributed by atoms with Crippen molar-refractivity contribution in [3.05, 3.63) is 102 Å². The zero-order valence-corrected chi connectivity index (χ0v) is 17.8. The van der Waals surface area contributed by atoms with Gasteiger partial charge in [0.15, 0.2) is 0 Å². The lowest BCUT2D eigenvalue weighted by Crippen LogP contribution is -2.35. The first-order valence-electron chi connectivity index (χ1n) is 11.6. The van der Waals surface area contributed by atoms with Gasteiger partial charge in [0, 0.05) is 30.9 Å². The largest absolute Gasteiger partial charge is 0.363 e. The molecule has 2 atom stereocenters. The van der Waals surface area contributed by atoms with Gasteiger partial charge in [0.1, 0.15) is 0 Å². The highest BCUT2D eigenvalue weighted by Crippen LogP contribution is 2.40. The molecule has 0 bridgehead atoms. The number of rotatable bonds is 6. The summed E-state index contributed by atoms with van der Waals surface area (Å²) in [6.07, 6.45) is 6.88. The van der Waals surface area contributed by atoms with Crippen LogP contribution in [-0.2, 0) is 13.1 Å². The normalized spacial score (nSPS) is 21.3. The van der Waals surface area contributed by atoms with E-state index in [-0.39, 0.29) is 0 Å². The SMILES string of the molecule is c1ccc(CN(Cc2ccccc2)c2ccc([C@H]3CC[C@H]4CCCCN43)cc2)cc1. The summed E-state index contributed by atoms with van der Waals surface area (Å²) in [5.74, 6) is 0. The minimum Gasteiger partial charge on any atom is -0.363 e. The number of hydrogen-bond donors (Lipinski definition) is 0. The molecule has 5 rings (SSSR count). The van der Waals surface area contributed by atoms with E-state index in [0.717, 1.165) is 19.1 Å². The molecular formula is C28H32N2. The standard InChI is InChI=1S/C28H32N2/c1-3-9-23(10-4-1)21-29(22-24-11-5-2-6-12-24)26-16-14-25(15-17-26)28-19-18-27-13-7-8-20-30(27)28/h1-6,9-12,14-17,27-28H,7-8,13,18-22H2/t27-,28-/m1/s1. The maximum absolute atomic E-state index is 2.78. The van der Waals surface area contributed by atoms with Crippen molar-refractivity contribution in [3.8, 4) is 0 Å². The summed E-state index contributed by atoms with van der Waals surface area (Å²) in [5.41, 5.74) is 5.51. The van der Waals surface area contributed by atoms with Crippen LogP contribution in [0.4, 0.5) is 5.69 Å². The third-order valence-electron chi connectivity index (χ3n) is 6.92. The predicted molar refractivity (Wildman–Crippen MR) is 126 cm³/mol. The van der Waals surface area contributed by atoms with Crippen LogP contribution in [0.1, 0.15) is 54.8 Å². The Hall–Kier alpha value is -2.58. The van der Waals surface area contributed by atoms with Crippen LogP contribution in [0.2, 0.25) is 0 Å². The highest BCUT2D eigenvalue weighted by atomic mass is 15.2. The summed E-state index contributed by atoms with van der Waals surface area (Å²) in [4.78, 5) is 5.27. The Morgan fingerprint density at radius 3 is 1.93 bits per heavy atom. The lowest BCUT2D eigenvalue weighted by molar-refractivity contribution is 0.150. The van der Waals surface area contributed by atoms with Crippen molar-refractivity contribution in [2.45, 2.75) is 57.3 Å². The number of hydrogen-bond acceptors (Lipinski definition) is 2. The predicted octanol–water partition coefficient (Wildman–Crippen LogP) is 6.58. The maximum atomic E-state index is 2.78. The van der Waals surface area contributed by atoms with Crippen LogP contribution in [0.3, 0.4) is 0 Å². The highest BCUT2D eigenvalue weighted by molar-refractivity contribution is 5.49. The van der Waals surface area contributed by atoms with Gasteiger partial charge in [-0.3, -0.25) is 4.90 Å². The van der Waals surface area contributed by atoms with Crippen molar-refractivity contribution in [1.82, 2.24) is 4.90 Å². The van der Waals surface area contributed by atoms with E-state index in [1.165, 1.54) is 61.0 Å². The molecule has 2 nitrogen and oxygen atoms in total. The fourth-order valence-corrected chi connectivity index (χ4v) is 5.37. The summed E-state index contributed by atoms with van der Waals surface area (Å²) in [7, 11) is 0. The number of benzene rings is 3. The third kappa shape index (κ3) is 4.29. The number of piperidine rings is 1. The second-order valence-electron chi connectivity index (χ2n) is 8.90. The second-order valence-corrected chi connectivity index (χ2v) is 8.90. The highest BCUT2D eigenvalue weighted by Gasteiger charge is 2.35. The molecule has 154 valence electrons. The first-order chi connectivity index (χ1) is 14.9. The molecule has 0 N–H and O–H groups in total. The summed E-state index contributed by atoms with van der Waals surface area (Å²) in [5, 5.41) is 0. The summed E-state index contributed by atoms with van der Waals surface area (Å²) >= 11 is 0. The van der Waals surface area contributed by atoms with Crippen LogP contribution in [-0.4, -0.2) is 17.5 Å². The van der Waals surface area contributed by atoms with E-state index < -0.39 is 0 Å². The van der Waals surface area contributed by atoms with Gasteiger partial charge in [-0.15, -0.1) is 0 Å². The second kappa shape index (κ2) is 9.06. The third-order valence-corrected chi connectivity index (χ3v) is 6.92. The lowest BCUT2D eigenvalue weighted by Gasteiger charge is -2.34. The van der Waals surface area contributed by atoms with E-state index in [1.807, 2.05) is 0 Å². The van der Waals surface area contributed by atoms with Crippen LogP contribution >= 0.6 is 0 Å². The van der Waals surface area contributed by atoms with Crippen LogP contribution in [0.25, 0.3) is 0 Å². The molecule has 3 aromatic rings. The number of anilines is 1. The van der Waals surface area contributed by atoms with Gasteiger partial charge in [-0.2, -0.15) is 0 Å². The van der Waals surface area contributed by atoms with E-state index in [1.54, 1.807) is 0 Å². The molecule has 2 aliphatic rings. The van der Waals surface area contributed by atoms with Gasteiger partial charge >= 0.3 is 0 Å². The first-order valence-corrected chi connectivity index (χ1v) is 11.6. The molecular weight excluding hydrogens is 364 g/mol. The number of fused-ring (bicyclic) bond motifs is 1. The molecule has 0 aliphatic carbocycles. The molecule has 0 saturated carbocycles. The Labute approximate surface area is 181 Å². The van der Waals surface area contributed by atoms with Gasteiger partial charge in [-0.1, -0.05) is 79.2 Å². The van der Waals surface area contributed by atoms with Gasteiger partial charge in [0.05, 0.1) is 0 Å². The minimum absolute atomic E-state index is 0.626. The van der Waals surface area contributed by atoms with Crippen molar-refractivity contribution in [2.75, 3.05) is 11.4 Å². The molecule has 0 unspecified atom stereocenters. The van der Waals surface area contributed by atoms with E-state index in [0.29, 0.717) is 6.04 Å². The average molecular weight is 397 g/mol. The molecule has 0 spiro atoms. The molecule has 30 heavy (non-hydrogen) atoms. The van der Waals surface area contributed by atoms with Crippen LogP contribution in [0, 0.1) is 0 Å². The Bertz CT molecular complexity index is 878.